The lowest BCUT2D eigenvalue weighted by Gasteiger charge is -2.31. The van der Waals surface area contributed by atoms with Crippen LogP contribution >= 0.6 is 0 Å². The molecule has 31 nitrogen and oxygen atoms in total. The van der Waals surface area contributed by atoms with Crippen LogP contribution in [0.25, 0.3) is 0 Å². The number of hydrogen-bond donors (Lipinski definition) is 13. The molecule has 0 radical (unpaired) electrons. The molecular weight excluding hydrogens is 1290 g/mol. The van der Waals surface area contributed by atoms with Crippen LogP contribution in [-0.2, 0) is 38.0 Å². The van der Waals surface area contributed by atoms with Crippen molar-refractivity contribution in [2.75, 3.05) is 211 Å². The number of nitrogens with one attached hydrogen (secondary N) is 8. The second kappa shape index (κ2) is 44.6. The topological polar surface area (TPSA) is 408 Å². The number of aliphatic hydroxyl groups is 1. The number of amides is 8. The predicted octanol–water partition coefficient (Wildman–Crippen LogP) is -0.705. The second-order valence-electron chi connectivity index (χ2n) is 23.6. The van der Waals surface area contributed by atoms with Crippen molar-refractivity contribution in [3.63, 3.8) is 0 Å². The number of carbonyl (C=O) groups excluding carboxylic acids is 8. The maximum absolute atomic E-state index is 14.4. The van der Waals surface area contributed by atoms with E-state index in [1.807, 2.05) is 19.6 Å². The third-order valence-corrected chi connectivity index (χ3v) is 16.7. The fraction of sp³-hybridized carbons (Fsp3) is 0.559. The molecule has 2 heterocycles. The number of carbonyl (C=O) groups is 8. The van der Waals surface area contributed by atoms with Crippen LogP contribution in [0.5, 0.6) is 17.2 Å². The molecule has 3 aliphatic rings. The van der Waals surface area contributed by atoms with Crippen molar-refractivity contribution in [3.8, 4) is 17.2 Å². The summed E-state index contributed by atoms with van der Waals surface area (Å²) < 4.78 is 32.5. The van der Waals surface area contributed by atoms with E-state index in [1.165, 1.54) is 60.7 Å². The van der Waals surface area contributed by atoms with E-state index < -0.39 is 82.2 Å². The molecule has 2 unspecified atom stereocenters. The number of phenolic OH excluding ortho intramolecular Hbond substituents is 3. The van der Waals surface area contributed by atoms with E-state index in [2.05, 4.69) is 42.5 Å². The van der Waals surface area contributed by atoms with Gasteiger partial charge in [0.15, 0.2) is 0 Å². The summed E-state index contributed by atoms with van der Waals surface area (Å²) >= 11 is 0. The largest absolute Gasteiger partial charge is 0.511 e. The maximum atomic E-state index is 14.4. The molecule has 0 fully saturated rings. The Kier molecular flexibility index (Phi) is 35.9. The zero-order chi connectivity index (χ0) is 71.2. The van der Waals surface area contributed by atoms with Gasteiger partial charge in [-0.2, -0.15) is 0 Å². The molecule has 3 aromatic carbocycles. The molecule has 3 aromatic rings. The zero-order valence-corrected chi connectivity index (χ0v) is 56.9. The van der Waals surface area contributed by atoms with E-state index in [-0.39, 0.29) is 157 Å². The van der Waals surface area contributed by atoms with Gasteiger partial charge < -0.3 is 97.1 Å². The third kappa shape index (κ3) is 27.0. The number of para-hydroxylation sites is 3. The molecule has 0 saturated heterocycles. The Labute approximate surface area is 577 Å². The van der Waals surface area contributed by atoms with Gasteiger partial charge in [0, 0.05) is 145 Å². The number of allylic oxidation sites excluding steroid dienone is 1. The highest BCUT2D eigenvalue weighted by Crippen LogP contribution is 2.27. The quantitative estimate of drug-likeness (QED) is 0.0466. The van der Waals surface area contributed by atoms with E-state index in [9.17, 15) is 58.8 Å². The molecule has 2 atom stereocenters. The lowest BCUT2D eigenvalue weighted by molar-refractivity contribution is -0.124. The number of aliphatic hydroxyl groups excluding tert-OH is 1. The summed E-state index contributed by atoms with van der Waals surface area (Å²) in [5.41, 5.74) is 4.99. The average Bonchev–Trinajstić information content (AvgIpc) is 0.856. The van der Waals surface area contributed by atoms with Crippen LogP contribution in [0.1, 0.15) is 87.8 Å². The highest BCUT2D eigenvalue weighted by Gasteiger charge is 2.31. The van der Waals surface area contributed by atoms with Crippen molar-refractivity contribution in [1.82, 2.24) is 62.1 Å². The van der Waals surface area contributed by atoms with Crippen LogP contribution in [0.3, 0.4) is 0 Å². The molecule has 8 bridgehead atoms. The van der Waals surface area contributed by atoms with Gasteiger partial charge in [0.05, 0.1) is 111 Å². The van der Waals surface area contributed by atoms with Crippen molar-refractivity contribution < 1.29 is 87.2 Å². The van der Waals surface area contributed by atoms with Gasteiger partial charge in [-0.15, -0.1) is 0 Å². The predicted molar refractivity (Wildman–Crippen MR) is 366 cm³/mol. The minimum absolute atomic E-state index is 0.0107. The lowest BCUT2D eigenvalue weighted by atomic mass is 9.92. The first-order valence-electron chi connectivity index (χ1n) is 33.8. The minimum Gasteiger partial charge on any atom is -0.511 e. The van der Waals surface area contributed by atoms with Crippen molar-refractivity contribution >= 4 is 47.3 Å². The molecule has 6 rings (SSSR count). The van der Waals surface area contributed by atoms with Gasteiger partial charge in [0.1, 0.15) is 23.0 Å². The average molecular weight is 1390 g/mol. The third-order valence-electron chi connectivity index (χ3n) is 16.7. The Bertz CT molecular complexity index is 3070. The molecule has 31 heteroatoms. The maximum Gasteiger partial charge on any atom is 0.255 e. The standard InChI is InChI=1S/C68H101N13O18/c1-94-39-41-98-45-43-96-37-35-79-28-21-72-63(88)51-12-5-10-49(57(51)82)61(86)70-19-26-78(27-20-71-62(87)50-11-6-13-52(58(50)83)64(89)73-22-29-79)33-34-81-32-25-76-66(91)54-15-7-14-53(59(54)84)65(90)74-23-30-80(36-38-97-44-46-99-42-40-95-2)31-24-75-67(92)55-16-8-17-56(60(55)85)68(93)77-48(47-81)9-3-4-18-69/h5-8,10-14,16-17,48,54,82-85H,3-4,9,15,18-47,69H2,1-2H3,(H,70,86)(H,71,87)(H,72,88)(H,73,89)(H,74,90)(H,75,92)(H,76,91)(H,77,93). The van der Waals surface area contributed by atoms with Gasteiger partial charge in [0.2, 0.25) is 5.91 Å². The highest BCUT2D eigenvalue weighted by atomic mass is 16.5. The second-order valence-corrected chi connectivity index (χ2v) is 23.6. The molecule has 0 spiro atoms. The van der Waals surface area contributed by atoms with E-state index in [0.29, 0.717) is 105 Å². The Morgan fingerprint density at radius 1 is 0.424 bits per heavy atom. The molecule has 8 amide bonds. The number of ether oxygens (including phenoxy) is 6. The number of phenols is 3. The van der Waals surface area contributed by atoms with Gasteiger partial charge in [-0.25, -0.2) is 0 Å². The first kappa shape index (κ1) is 79.6. The van der Waals surface area contributed by atoms with E-state index in [0.717, 1.165) is 0 Å². The summed E-state index contributed by atoms with van der Waals surface area (Å²) in [5, 5.41) is 68.8. The number of unbranched alkanes of at least 4 members (excludes halogenated alkanes) is 1. The van der Waals surface area contributed by atoms with Crippen LogP contribution in [0.15, 0.2) is 78.1 Å². The fourth-order valence-corrected chi connectivity index (χ4v) is 11.1. The van der Waals surface area contributed by atoms with Gasteiger partial charge in [-0.3, -0.25) is 58.0 Å². The monoisotopic (exact) mass is 1390 g/mol. The number of nitrogens with zero attached hydrogens (tertiary/aromatic N) is 4. The molecular formula is C68H101N13O18. The Morgan fingerprint density at radius 2 is 0.768 bits per heavy atom. The van der Waals surface area contributed by atoms with Gasteiger partial charge in [0.25, 0.3) is 41.4 Å². The number of hydrogen-bond acceptors (Lipinski definition) is 23. The minimum atomic E-state index is -1.10. The van der Waals surface area contributed by atoms with Crippen LogP contribution < -0.4 is 48.3 Å². The summed E-state index contributed by atoms with van der Waals surface area (Å²) in [6.07, 6.45) is 4.79. The molecule has 0 aromatic heterocycles. The number of aromatic hydroxyl groups is 3. The number of rotatable bonds is 25. The summed E-state index contributed by atoms with van der Waals surface area (Å²) in [5.74, 6) is -8.21. The van der Waals surface area contributed by atoms with E-state index in [1.54, 1.807) is 20.3 Å². The van der Waals surface area contributed by atoms with Crippen LogP contribution in [0.4, 0.5) is 0 Å². The summed E-state index contributed by atoms with van der Waals surface area (Å²) in [6.45, 7) is 7.44. The Morgan fingerprint density at radius 3 is 1.17 bits per heavy atom. The van der Waals surface area contributed by atoms with E-state index in [4.69, 9.17) is 34.2 Å². The first-order chi connectivity index (χ1) is 48.0. The van der Waals surface area contributed by atoms with Gasteiger partial charge in [-0.1, -0.05) is 30.7 Å². The summed E-state index contributed by atoms with van der Waals surface area (Å²) in [7, 11) is 3.16. The lowest BCUT2D eigenvalue weighted by Crippen LogP contribution is -2.49. The summed E-state index contributed by atoms with van der Waals surface area (Å²) in [4.78, 5) is 119. The molecule has 14 N–H and O–H groups in total. The van der Waals surface area contributed by atoms with Crippen molar-refractivity contribution in [3.05, 3.63) is 111 Å². The van der Waals surface area contributed by atoms with Gasteiger partial charge in [-0.05, 0) is 68.3 Å². The normalized spacial score (nSPS) is 19.1. The highest BCUT2D eigenvalue weighted by molar-refractivity contribution is 6.06. The number of methoxy groups -OCH3 is 2. The van der Waals surface area contributed by atoms with E-state index >= 15 is 0 Å². The SMILES string of the molecule is COCCOCCOCCN1CCNC(=O)c2cccc(c2O)C(=O)NCCN(CCN2CCNC(=O)C3CC=CC(=C3O)C(=O)NCCN(CCOCCOCCOC)CCNC(=O)c3cccc(c3O)C(=O)NC(CCCCN)C2)CCNC(=O)c2cccc(c2O)C(=O)NCC1. The van der Waals surface area contributed by atoms with Crippen LogP contribution in [0.2, 0.25) is 0 Å². The number of benzene rings is 3. The number of fused-ring (bicyclic) bond motifs is 7. The molecule has 546 valence electrons. The molecule has 99 heavy (non-hydrogen) atoms. The van der Waals surface area contributed by atoms with Crippen molar-refractivity contribution in [1.29, 1.82) is 0 Å². The smallest absolute Gasteiger partial charge is 0.255 e. The summed E-state index contributed by atoms with van der Waals surface area (Å²) in [6, 6.07) is 12.2. The fourth-order valence-electron chi connectivity index (χ4n) is 11.1. The van der Waals surface area contributed by atoms with Gasteiger partial charge >= 0.3 is 0 Å². The zero-order valence-electron chi connectivity index (χ0n) is 56.9. The molecule has 0 saturated carbocycles. The van der Waals surface area contributed by atoms with Crippen LogP contribution in [-0.4, -0.2) is 305 Å². The van der Waals surface area contributed by atoms with Crippen molar-refractivity contribution in [2.24, 2.45) is 11.7 Å². The molecule has 2 aliphatic heterocycles. The Balaban J connectivity index is 1.23. The van der Waals surface area contributed by atoms with Crippen LogP contribution in [0, 0.1) is 5.92 Å². The Hall–Kier alpha value is -8.34. The number of nitrogens with two attached hydrogens (primary N) is 1. The van der Waals surface area contributed by atoms with Crippen molar-refractivity contribution in [2.45, 2.75) is 31.7 Å². The first-order valence-corrected chi connectivity index (χ1v) is 33.8. The molecule has 1 aliphatic carbocycles.